The summed E-state index contributed by atoms with van der Waals surface area (Å²) in [4.78, 5) is 11.4. The van der Waals surface area contributed by atoms with Gasteiger partial charge in [-0.2, -0.15) is 18.4 Å². The highest BCUT2D eigenvalue weighted by molar-refractivity contribution is 14.1. The third kappa shape index (κ3) is 2.98. The average molecular weight is 418 g/mol. The smallest absolute Gasteiger partial charge is 0.293 e. The van der Waals surface area contributed by atoms with Crippen molar-refractivity contribution in [3.8, 4) is 6.07 Å². The van der Waals surface area contributed by atoms with Gasteiger partial charge in [-0.15, -0.1) is 0 Å². The molecule has 0 saturated heterocycles. The predicted molar refractivity (Wildman–Crippen MR) is 67.0 cm³/mol. The van der Waals surface area contributed by atoms with Crippen LogP contribution in [0.4, 0.5) is 13.2 Å². The number of benzene rings is 1. The van der Waals surface area contributed by atoms with Gasteiger partial charge in [0.1, 0.15) is 6.07 Å². The molecule has 0 aromatic heterocycles. The van der Waals surface area contributed by atoms with Crippen LogP contribution in [0.2, 0.25) is 0 Å². The van der Waals surface area contributed by atoms with Crippen molar-refractivity contribution in [2.45, 2.75) is 6.18 Å². The van der Waals surface area contributed by atoms with Crippen LogP contribution >= 0.6 is 38.5 Å². The molecule has 1 aromatic carbocycles. The third-order valence-corrected chi connectivity index (χ3v) is 3.38. The maximum atomic E-state index is 12.8. The van der Waals surface area contributed by atoms with Gasteiger partial charge in [0.15, 0.2) is 5.78 Å². The van der Waals surface area contributed by atoms with E-state index in [1.807, 2.05) is 0 Å². The molecule has 1 rings (SSSR count). The summed E-state index contributed by atoms with van der Waals surface area (Å²) >= 11 is 4.36. The first-order valence-corrected chi connectivity index (χ1v) is 6.42. The molecular formula is C10H4BrF3INO. The number of hydrogen-bond acceptors (Lipinski definition) is 2. The summed E-state index contributed by atoms with van der Waals surface area (Å²) in [5, 5.41) is 8.69. The molecule has 0 amide bonds. The number of Topliss-reactive ketones (excluding diaryl/α,β-unsaturated/α-hetero) is 1. The Morgan fingerprint density at radius 2 is 2.06 bits per heavy atom. The van der Waals surface area contributed by atoms with Gasteiger partial charge in [0.25, 0.3) is 0 Å². The Hall–Kier alpha value is -0.620. The maximum Gasteiger partial charge on any atom is 0.418 e. The first-order chi connectivity index (χ1) is 7.82. The van der Waals surface area contributed by atoms with Crippen LogP contribution in [0, 0.1) is 14.9 Å². The van der Waals surface area contributed by atoms with Crippen molar-refractivity contribution in [1.82, 2.24) is 0 Å². The average Bonchev–Trinajstić information content (AvgIpc) is 2.25. The van der Waals surface area contributed by atoms with Gasteiger partial charge in [-0.25, -0.2) is 0 Å². The number of nitrogens with zero attached hydrogens (tertiary/aromatic N) is 1. The fourth-order valence-electron chi connectivity index (χ4n) is 1.27. The Morgan fingerprint density at radius 3 is 2.47 bits per heavy atom. The number of hydrogen-bond donors (Lipinski definition) is 0. The highest BCUT2D eigenvalue weighted by Crippen LogP contribution is 2.36. The fraction of sp³-hybridized carbons (Fsp3) is 0.200. The van der Waals surface area contributed by atoms with E-state index < -0.39 is 23.1 Å². The number of carbonyl (C=O) groups is 1. The second kappa shape index (κ2) is 5.35. The first-order valence-electron chi connectivity index (χ1n) is 4.22. The molecule has 0 spiro atoms. The summed E-state index contributed by atoms with van der Waals surface area (Å²) in [7, 11) is 0. The quantitative estimate of drug-likeness (QED) is 0.417. The highest BCUT2D eigenvalue weighted by Gasteiger charge is 2.37. The van der Waals surface area contributed by atoms with Gasteiger partial charge in [0.2, 0.25) is 0 Å². The van der Waals surface area contributed by atoms with Gasteiger partial charge < -0.3 is 0 Å². The lowest BCUT2D eigenvalue weighted by atomic mass is 9.99. The summed E-state index contributed by atoms with van der Waals surface area (Å²) in [5.41, 5.74) is -1.88. The number of rotatable bonds is 2. The van der Waals surface area contributed by atoms with Crippen molar-refractivity contribution >= 4 is 44.3 Å². The molecule has 0 atom stereocenters. The van der Waals surface area contributed by atoms with Crippen molar-refractivity contribution < 1.29 is 18.0 Å². The maximum absolute atomic E-state index is 12.8. The summed E-state index contributed by atoms with van der Waals surface area (Å²) < 4.78 is 38.2. The molecule has 0 N–H and O–H groups in total. The van der Waals surface area contributed by atoms with E-state index in [1.165, 1.54) is 40.8 Å². The highest BCUT2D eigenvalue weighted by atomic mass is 127. The standard InChI is InChI=1S/C10H4BrF3INO/c11-3-8(17)5-1-2-7(15)9(6(5)4-16)10(12,13)14/h1-2H,3H2. The zero-order chi connectivity index (χ0) is 13.2. The molecule has 0 radical (unpaired) electrons. The Kier molecular flexibility index (Phi) is 4.55. The van der Waals surface area contributed by atoms with Gasteiger partial charge in [-0.3, -0.25) is 4.79 Å². The van der Waals surface area contributed by atoms with Crippen LogP contribution in [0.3, 0.4) is 0 Å². The van der Waals surface area contributed by atoms with Crippen LogP contribution < -0.4 is 0 Å². The van der Waals surface area contributed by atoms with Crippen LogP contribution in [0.5, 0.6) is 0 Å². The Bertz CT molecular complexity index is 507. The summed E-state index contributed by atoms with van der Waals surface area (Å²) in [5.74, 6) is -0.552. The number of ketones is 1. The zero-order valence-corrected chi connectivity index (χ0v) is 11.9. The minimum atomic E-state index is -4.65. The summed E-state index contributed by atoms with van der Waals surface area (Å²) in [6, 6.07) is 3.88. The van der Waals surface area contributed by atoms with Crippen molar-refractivity contribution in [2.75, 3.05) is 5.33 Å². The number of halogens is 5. The molecule has 0 bridgehead atoms. The molecule has 0 aliphatic heterocycles. The van der Waals surface area contributed by atoms with Gasteiger partial charge >= 0.3 is 6.18 Å². The molecule has 2 nitrogen and oxygen atoms in total. The molecule has 0 heterocycles. The lowest BCUT2D eigenvalue weighted by Gasteiger charge is -2.13. The van der Waals surface area contributed by atoms with E-state index in [2.05, 4.69) is 15.9 Å². The number of carbonyl (C=O) groups excluding carboxylic acids is 1. The van der Waals surface area contributed by atoms with E-state index in [-0.39, 0.29) is 14.5 Å². The second-order valence-corrected chi connectivity index (χ2v) is 4.73. The summed E-state index contributed by atoms with van der Waals surface area (Å²) in [6.07, 6.45) is -4.65. The van der Waals surface area contributed by atoms with Crippen LogP contribution in [0.15, 0.2) is 12.1 Å². The van der Waals surface area contributed by atoms with Crippen LogP contribution in [0.1, 0.15) is 21.5 Å². The normalized spacial score (nSPS) is 11.1. The van der Waals surface area contributed by atoms with E-state index in [4.69, 9.17) is 5.26 Å². The Balaban J connectivity index is 3.61. The third-order valence-electron chi connectivity index (χ3n) is 1.97. The summed E-state index contributed by atoms with van der Waals surface area (Å²) in [6.45, 7) is 0. The largest absolute Gasteiger partial charge is 0.418 e. The van der Waals surface area contributed by atoms with E-state index in [0.29, 0.717) is 0 Å². The topological polar surface area (TPSA) is 40.9 Å². The van der Waals surface area contributed by atoms with Crippen molar-refractivity contribution in [3.63, 3.8) is 0 Å². The second-order valence-electron chi connectivity index (χ2n) is 3.01. The lowest BCUT2D eigenvalue weighted by Crippen LogP contribution is -2.15. The molecule has 0 aliphatic carbocycles. The van der Waals surface area contributed by atoms with Crippen LogP contribution in [0.25, 0.3) is 0 Å². The Labute approximate surface area is 117 Å². The van der Waals surface area contributed by atoms with Gasteiger partial charge in [0.05, 0.1) is 16.5 Å². The van der Waals surface area contributed by atoms with E-state index in [1.54, 1.807) is 0 Å². The predicted octanol–water partition coefficient (Wildman–Crippen LogP) is 3.76. The van der Waals surface area contributed by atoms with Crippen molar-refractivity contribution in [2.24, 2.45) is 0 Å². The van der Waals surface area contributed by atoms with Crippen molar-refractivity contribution in [3.05, 3.63) is 32.4 Å². The van der Waals surface area contributed by atoms with E-state index in [9.17, 15) is 18.0 Å². The fourth-order valence-corrected chi connectivity index (χ4v) is 2.33. The van der Waals surface area contributed by atoms with Gasteiger partial charge in [-0.05, 0) is 34.7 Å². The number of nitriles is 1. The van der Waals surface area contributed by atoms with Crippen LogP contribution in [-0.4, -0.2) is 11.1 Å². The molecule has 0 fully saturated rings. The van der Waals surface area contributed by atoms with E-state index >= 15 is 0 Å². The van der Waals surface area contributed by atoms with E-state index in [0.717, 1.165) is 0 Å². The minimum absolute atomic E-state index is 0.0993. The molecule has 7 heteroatoms. The van der Waals surface area contributed by atoms with Gasteiger partial charge in [-0.1, -0.05) is 15.9 Å². The van der Waals surface area contributed by atoms with Crippen molar-refractivity contribution in [1.29, 1.82) is 5.26 Å². The minimum Gasteiger partial charge on any atom is -0.293 e. The SMILES string of the molecule is N#Cc1c(C(=O)CBr)ccc(I)c1C(F)(F)F. The number of alkyl halides is 4. The molecule has 0 aliphatic rings. The molecule has 0 saturated carbocycles. The monoisotopic (exact) mass is 417 g/mol. The molecule has 0 unspecified atom stereocenters. The molecule has 1 aromatic rings. The van der Waals surface area contributed by atoms with Crippen LogP contribution in [-0.2, 0) is 6.18 Å². The lowest BCUT2D eigenvalue weighted by molar-refractivity contribution is -0.138. The molecular weight excluding hydrogens is 414 g/mol. The van der Waals surface area contributed by atoms with Gasteiger partial charge in [0, 0.05) is 9.13 Å². The molecule has 90 valence electrons. The first kappa shape index (κ1) is 14.4. The zero-order valence-electron chi connectivity index (χ0n) is 8.11. The Morgan fingerprint density at radius 1 is 1.47 bits per heavy atom. The molecule has 17 heavy (non-hydrogen) atoms.